The van der Waals surface area contributed by atoms with Gasteiger partial charge >= 0.3 is 0 Å². The normalized spacial score (nSPS) is 10.8. The number of aromatic nitrogens is 3. The zero-order valence-electron chi connectivity index (χ0n) is 16.5. The molecule has 0 bridgehead atoms. The summed E-state index contributed by atoms with van der Waals surface area (Å²) in [5.74, 6) is -0.0482. The number of halogens is 2. The molecule has 0 spiro atoms. The first-order valence-electron chi connectivity index (χ1n) is 9.40. The molecule has 158 valence electrons. The molecule has 0 aliphatic rings. The molecule has 4 aromatic rings. The van der Waals surface area contributed by atoms with E-state index in [0.717, 1.165) is 5.56 Å². The second-order valence-electron chi connectivity index (χ2n) is 6.82. The topological polar surface area (TPSA) is 82.2 Å². The Labute approximate surface area is 182 Å². The SMILES string of the molecule is Cc1onc(C(=O)Nc2cccc(Cn3cc(Cl)cn3)c2)c1COc1cccc(F)c1. The van der Waals surface area contributed by atoms with Gasteiger partial charge in [0, 0.05) is 18.0 Å². The summed E-state index contributed by atoms with van der Waals surface area (Å²) >= 11 is 5.90. The summed E-state index contributed by atoms with van der Waals surface area (Å²) in [7, 11) is 0. The maximum atomic E-state index is 13.3. The molecule has 0 aliphatic heterocycles. The zero-order valence-corrected chi connectivity index (χ0v) is 17.3. The molecule has 0 fully saturated rings. The molecule has 31 heavy (non-hydrogen) atoms. The molecule has 0 saturated carbocycles. The third-order valence-corrected chi connectivity index (χ3v) is 4.71. The highest BCUT2D eigenvalue weighted by Crippen LogP contribution is 2.20. The summed E-state index contributed by atoms with van der Waals surface area (Å²) < 4.78 is 25.8. The Kier molecular flexibility index (Phi) is 5.99. The Morgan fingerprint density at radius 1 is 1.26 bits per heavy atom. The number of carbonyl (C=O) groups excluding carboxylic acids is 1. The van der Waals surface area contributed by atoms with Gasteiger partial charge in [0.05, 0.1) is 23.3 Å². The number of benzene rings is 2. The summed E-state index contributed by atoms with van der Waals surface area (Å²) in [5, 5.41) is 11.4. The number of hydrogen-bond donors (Lipinski definition) is 1. The number of nitrogens with one attached hydrogen (secondary N) is 1. The summed E-state index contributed by atoms with van der Waals surface area (Å²) in [5.41, 5.74) is 2.13. The lowest BCUT2D eigenvalue weighted by molar-refractivity contribution is 0.101. The smallest absolute Gasteiger partial charge is 0.278 e. The van der Waals surface area contributed by atoms with Crippen molar-refractivity contribution in [3.8, 4) is 5.75 Å². The highest BCUT2D eigenvalue weighted by molar-refractivity contribution is 6.30. The fourth-order valence-corrected chi connectivity index (χ4v) is 3.16. The van der Waals surface area contributed by atoms with E-state index in [1.807, 2.05) is 18.2 Å². The first-order valence-corrected chi connectivity index (χ1v) is 9.77. The number of carbonyl (C=O) groups is 1. The number of aryl methyl sites for hydroxylation is 1. The highest BCUT2D eigenvalue weighted by Gasteiger charge is 2.21. The summed E-state index contributed by atoms with van der Waals surface area (Å²) in [6.45, 7) is 2.21. The van der Waals surface area contributed by atoms with Gasteiger partial charge in [-0.2, -0.15) is 5.10 Å². The largest absolute Gasteiger partial charge is 0.489 e. The predicted molar refractivity (Wildman–Crippen MR) is 113 cm³/mol. The van der Waals surface area contributed by atoms with Gasteiger partial charge in [-0.3, -0.25) is 9.48 Å². The van der Waals surface area contributed by atoms with E-state index in [0.29, 0.717) is 34.3 Å². The van der Waals surface area contributed by atoms with Crippen LogP contribution in [-0.4, -0.2) is 20.8 Å². The Morgan fingerprint density at radius 3 is 2.87 bits per heavy atom. The van der Waals surface area contributed by atoms with Crippen LogP contribution in [0.3, 0.4) is 0 Å². The van der Waals surface area contributed by atoms with E-state index in [1.165, 1.54) is 12.1 Å². The van der Waals surface area contributed by atoms with Crippen molar-refractivity contribution in [3.63, 3.8) is 0 Å². The van der Waals surface area contributed by atoms with Crippen LogP contribution in [0.25, 0.3) is 0 Å². The van der Waals surface area contributed by atoms with Crippen molar-refractivity contribution in [2.75, 3.05) is 5.32 Å². The van der Waals surface area contributed by atoms with Crippen molar-refractivity contribution in [1.29, 1.82) is 0 Å². The van der Waals surface area contributed by atoms with Crippen molar-refractivity contribution < 1.29 is 18.4 Å². The minimum atomic E-state index is -0.436. The summed E-state index contributed by atoms with van der Waals surface area (Å²) in [6.07, 6.45) is 3.28. The molecule has 1 N–H and O–H groups in total. The van der Waals surface area contributed by atoms with Crippen LogP contribution >= 0.6 is 11.6 Å². The standard InChI is InChI=1S/C22H18ClFN4O3/c1-14-20(13-30-19-7-3-5-17(24)9-19)21(27-31-14)22(29)26-18-6-2-4-15(8-18)11-28-12-16(23)10-25-28/h2-10,12H,11,13H2,1H3,(H,26,29). The number of ether oxygens (including phenoxy) is 1. The number of hydrogen-bond acceptors (Lipinski definition) is 5. The van der Waals surface area contributed by atoms with E-state index in [4.69, 9.17) is 20.9 Å². The van der Waals surface area contributed by atoms with Crippen LogP contribution in [0.4, 0.5) is 10.1 Å². The van der Waals surface area contributed by atoms with Gasteiger partial charge in [0.15, 0.2) is 5.69 Å². The van der Waals surface area contributed by atoms with Crippen molar-refractivity contribution in [2.45, 2.75) is 20.1 Å². The number of rotatable bonds is 7. The van der Waals surface area contributed by atoms with Crippen molar-refractivity contribution in [2.24, 2.45) is 0 Å². The maximum absolute atomic E-state index is 13.3. The molecule has 2 aromatic carbocycles. The van der Waals surface area contributed by atoms with Gasteiger partial charge < -0.3 is 14.6 Å². The van der Waals surface area contributed by atoms with E-state index < -0.39 is 11.7 Å². The maximum Gasteiger partial charge on any atom is 0.278 e. The lowest BCUT2D eigenvalue weighted by atomic mass is 10.1. The number of amides is 1. The van der Waals surface area contributed by atoms with Crippen LogP contribution in [0, 0.1) is 12.7 Å². The lowest BCUT2D eigenvalue weighted by Crippen LogP contribution is -2.15. The summed E-state index contributed by atoms with van der Waals surface area (Å²) in [6, 6.07) is 13.1. The molecular weight excluding hydrogens is 423 g/mol. The van der Waals surface area contributed by atoms with E-state index in [1.54, 1.807) is 42.2 Å². The highest BCUT2D eigenvalue weighted by atomic mass is 35.5. The number of nitrogens with zero attached hydrogens (tertiary/aromatic N) is 3. The van der Waals surface area contributed by atoms with Gasteiger partial charge in [-0.05, 0) is 36.8 Å². The van der Waals surface area contributed by atoms with E-state index in [2.05, 4.69) is 15.6 Å². The lowest BCUT2D eigenvalue weighted by Gasteiger charge is -2.09. The molecule has 0 atom stereocenters. The Morgan fingerprint density at radius 2 is 2.10 bits per heavy atom. The van der Waals surface area contributed by atoms with Gasteiger partial charge in [0.2, 0.25) is 0 Å². The molecule has 0 aliphatic carbocycles. The minimum Gasteiger partial charge on any atom is -0.489 e. The van der Waals surface area contributed by atoms with Crippen LogP contribution in [0.2, 0.25) is 5.02 Å². The molecule has 1 amide bonds. The average Bonchev–Trinajstić information content (AvgIpc) is 3.31. The van der Waals surface area contributed by atoms with Crippen LogP contribution in [0.1, 0.15) is 27.4 Å². The van der Waals surface area contributed by atoms with Crippen molar-refractivity contribution in [1.82, 2.24) is 14.9 Å². The quantitative estimate of drug-likeness (QED) is 0.444. The van der Waals surface area contributed by atoms with Gasteiger partial charge in [-0.25, -0.2) is 4.39 Å². The van der Waals surface area contributed by atoms with Crippen molar-refractivity contribution in [3.05, 3.63) is 94.3 Å². The summed E-state index contributed by atoms with van der Waals surface area (Å²) in [4.78, 5) is 12.8. The van der Waals surface area contributed by atoms with Crippen LogP contribution in [-0.2, 0) is 13.2 Å². The van der Waals surface area contributed by atoms with Gasteiger partial charge in [0.1, 0.15) is 23.9 Å². The van der Waals surface area contributed by atoms with E-state index in [9.17, 15) is 9.18 Å². The van der Waals surface area contributed by atoms with E-state index in [-0.39, 0.29) is 12.3 Å². The van der Waals surface area contributed by atoms with Gasteiger partial charge in [-0.1, -0.05) is 35.0 Å². The Bertz CT molecular complexity index is 1220. The van der Waals surface area contributed by atoms with E-state index >= 15 is 0 Å². The molecule has 2 aromatic heterocycles. The van der Waals surface area contributed by atoms with Crippen LogP contribution in [0.5, 0.6) is 5.75 Å². The van der Waals surface area contributed by atoms with Gasteiger partial charge in [-0.15, -0.1) is 0 Å². The fraction of sp³-hybridized carbons (Fsp3) is 0.136. The number of anilines is 1. The second kappa shape index (κ2) is 9.01. The predicted octanol–water partition coefficient (Wildman–Crippen LogP) is 4.85. The molecular formula is C22H18ClFN4O3. The molecule has 7 nitrogen and oxygen atoms in total. The molecule has 2 heterocycles. The molecule has 0 saturated heterocycles. The monoisotopic (exact) mass is 440 g/mol. The molecule has 0 radical (unpaired) electrons. The third-order valence-electron chi connectivity index (χ3n) is 4.51. The molecule has 4 rings (SSSR count). The fourth-order valence-electron chi connectivity index (χ4n) is 3.00. The van der Waals surface area contributed by atoms with Crippen LogP contribution < -0.4 is 10.1 Å². The first-order chi connectivity index (χ1) is 15.0. The average molecular weight is 441 g/mol. The Balaban J connectivity index is 1.46. The first kappa shape index (κ1) is 20.6. The van der Waals surface area contributed by atoms with Gasteiger partial charge in [0.25, 0.3) is 5.91 Å². The Hall–Kier alpha value is -3.65. The third kappa shape index (κ3) is 5.10. The zero-order chi connectivity index (χ0) is 21.8. The molecule has 9 heteroatoms. The second-order valence-corrected chi connectivity index (χ2v) is 7.26. The van der Waals surface area contributed by atoms with Crippen molar-refractivity contribution >= 4 is 23.2 Å². The molecule has 0 unspecified atom stereocenters. The van der Waals surface area contributed by atoms with Crippen LogP contribution in [0.15, 0.2) is 65.4 Å². The minimum absolute atomic E-state index is 0.0155.